The SMILES string of the molecule is Cn1ncc(S(=O)(=O)Nc2cc(Cl)ccc2C(=O)N2CCCC2)n1. The van der Waals surface area contributed by atoms with Gasteiger partial charge in [0.05, 0.1) is 17.4 Å². The fourth-order valence-electron chi connectivity index (χ4n) is 2.53. The van der Waals surface area contributed by atoms with Crippen LogP contribution in [0.2, 0.25) is 5.02 Å². The number of likely N-dealkylation sites (tertiary alicyclic amines) is 1. The van der Waals surface area contributed by atoms with Crippen molar-refractivity contribution in [1.29, 1.82) is 0 Å². The summed E-state index contributed by atoms with van der Waals surface area (Å²) >= 11 is 5.97. The van der Waals surface area contributed by atoms with Gasteiger partial charge in [-0.15, -0.1) is 5.10 Å². The zero-order chi connectivity index (χ0) is 17.3. The van der Waals surface area contributed by atoms with Crippen LogP contribution >= 0.6 is 11.6 Å². The molecule has 24 heavy (non-hydrogen) atoms. The van der Waals surface area contributed by atoms with Crippen LogP contribution in [0, 0.1) is 0 Å². The van der Waals surface area contributed by atoms with Gasteiger partial charge in [-0.05, 0) is 31.0 Å². The fraction of sp³-hybridized carbons (Fsp3) is 0.357. The molecule has 0 atom stereocenters. The number of aromatic nitrogens is 3. The lowest BCUT2D eigenvalue weighted by Crippen LogP contribution is -2.29. The van der Waals surface area contributed by atoms with Crippen LogP contribution in [-0.4, -0.2) is 47.3 Å². The average Bonchev–Trinajstić information content (AvgIpc) is 3.17. The van der Waals surface area contributed by atoms with Gasteiger partial charge < -0.3 is 4.90 Å². The molecule has 0 radical (unpaired) electrons. The van der Waals surface area contributed by atoms with Crippen LogP contribution in [0.15, 0.2) is 29.4 Å². The normalized spacial score (nSPS) is 14.8. The zero-order valence-electron chi connectivity index (χ0n) is 12.9. The summed E-state index contributed by atoms with van der Waals surface area (Å²) in [5, 5.41) is 7.62. The Hall–Kier alpha value is -2.13. The van der Waals surface area contributed by atoms with E-state index in [0.29, 0.717) is 18.1 Å². The van der Waals surface area contributed by atoms with Gasteiger partial charge in [-0.2, -0.15) is 18.3 Å². The molecule has 0 bridgehead atoms. The van der Waals surface area contributed by atoms with E-state index in [0.717, 1.165) is 23.8 Å². The Balaban J connectivity index is 1.95. The maximum absolute atomic E-state index is 12.6. The molecular weight excluding hydrogens is 354 g/mol. The first-order valence-corrected chi connectivity index (χ1v) is 9.21. The van der Waals surface area contributed by atoms with Crippen molar-refractivity contribution in [3.63, 3.8) is 0 Å². The number of nitrogens with one attached hydrogen (secondary N) is 1. The van der Waals surface area contributed by atoms with Crippen LogP contribution in [0.25, 0.3) is 0 Å². The van der Waals surface area contributed by atoms with E-state index >= 15 is 0 Å². The van der Waals surface area contributed by atoms with Gasteiger partial charge in [-0.1, -0.05) is 11.6 Å². The molecule has 1 amide bonds. The van der Waals surface area contributed by atoms with E-state index in [1.54, 1.807) is 11.0 Å². The van der Waals surface area contributed by atoms with Gasteiger partial charge in [0.25, 0.3) is 15.9 Å². The number of carbonyl (C=O) groups is 1. The van der Waals surface area contributed by atoms with E-state index in [1.807, 2.05) is 0 Å². The average molecular weight is 370 g/mol. The number of aryl methyl sites for hydroxylation is 1. The van der Waals surface area contributed by atoms with E-state index in [4.69, 9.17) is 11.6 Å². The maximum atomic E-state index is 12.6. The lowest BCUT2D eigenvalue weighted by atomic mass is 10.1. The molecule has 0 spiro atoms. The van der Waals surface area contributed by atoms with Gasteiger partial charge in [0.15, 0.2) is 0 Å². The predicted molar refractivity (Wildman–Crippen MR) is 88.4 cm³/mol. The van der Waals surface area contributed by atoms with Gasteiger partial charge >= 0.3 is 0 Å². The monoisotopic (exact) mass is 369 g/mol. The minimum atomic E-state index is -3.96. The third-order valence-electron chi connectivity index (χ3n) is 3.70. The second-order valence-electron chi connectivity index (χ2n) is 5.47. The Morgan fingerprint density at radius 1 is 1.29 bits per heavy atom. The van der Waals surface area contributed by atoms with Crippen LogP contribution in [0.3, 0.4) is 0 Å². The number of anilines is 1. The van der Waals surface area contributed by atoms with E-state index < -0.39 is 10.0 Å². The quantitative estimate of drug-likeness (QED) is 0.880. The number of amides is 1. The minimum Gasteiger partial charge on any atom is -0.339 e. The van der Waals surface area contributed by atoms with Crippen LogP contribution in [0.1, 0.15) is 23.2 Å². The van der Waals surface area contributed by atoms with Crippen molar-refractivity contribution < 1.29 is 13.2 Å². The summed E-state index contributed by atoms with van der Waals surface area (Å²) < 4.78 is 27.2. The summed E-state index contributed by atoms with van der Waals surface area (Å²) in [5.41, 5.74) is 0.388. The molecule has 128 valence electrons. The van der Waals surface area contributed by atoms with E-state index in [-0.39, 0.29) is 22.2 Å². The Morgan fingerprint density at radius 2 is 2.00 bits per heavy atom. The summed E-state index contributed by atoms with van der Waals surface area (Å²) in [6.45, 7) is 1.33. The lowest BCUT2D eigenvalue weighted by Gasteiger charge is -2.18. The lowest BCUT2D eigenvalue weighted by molar-refractivity contribution is 0.0794. The standard InChI is InChI=1S/C14H16ClN5O3S/c1-19-16-9-13(17-19)24(22,23)18-12-8-10(15)4-5-11(12)14(21)20-6-2-3-7-20/h4-5,8-9,18H,2-3,6-7H2,1H3. The third-order valence-corrected chi connectivity index (χ3v) is 5.16. The molecule has 1 aromatic carbocycles. The van der Waals surface area contributed by atoms with Gasteiger partial charge in [-0.3, -0.25) is 9.52 Å². The summed E-state index contributed by atoms with van der Waals surface area (Å²) in [7, 11) is -2.45. The molecule has 2 heterocycles. The van der Waals surface area contributed by atoms with E-state index in [9.17, 15) is 13.2 Å². The number of rotatable bonds is 4. The molecule has 8 nitrogen and oxygen atoms in total. The van der Waals surface area contributed by atoms with Crippen LogP contribution < -0.4 is 4.72 Å². The number of benzene rings is 1. The highest BCUT2D eigenvalue weighted by Gasteiger charge is 2.25. The summed E-state index contributed by atoms with van der Waals surface area (Å²) in [6, 6.07) is 4.50. The van der Waals surface area contributed by atoms with Crippen molar-refractivity contribution >= 4 is 33.2 Å². The second-order valence-corrected chi connectivity index (χ2v) is 7.53. The smallest absolute Gasteiger partial charge is 0.282 e. The first-order chi connectivity index (χ1) is 11.4. The molecule has 0 unspecified atom stereocenters. The molecule has 1 saturated heterocycles. The number of carbonyl (C=O) groups excluding carboxylic acids is 1. The van der Waals surface area contributed by atoms with Crippen molar-refractivity contribution in [3.8, 4) is 0 Å². The Morgan fingerprint density at radius 3 is 2.62 bits per heavy atom. The Labute approximate surface area is 144 Å². The summed E-state index contributed by atoms with van der Waals surface area (Å²) in [6.07, 6.45) is 3.02. The van der Waals surface area contributed by atoms with Gasteiger partial charge in [0.1, 0.15) is 0 Å². The zero-order valence-corrected chi connectivity index (χ0v) is 14.5. The molecular formula is C14H16ClN5O3S. The minimum absolute atomic E-state index is 0.130. The van der Waals surface area contributed by atoms with Crippen LogP contribution in [-0.2, 0) is 17.1 Å². The number of nitrogens with zero attached hydrogens (tertiary/aromatic N) is 4. The summed E-state index contributed by atoms with van der Waals surface area (Å²) in [4.78, 5) is 15.5. The van der Waals surface area contributed by atoms with Crippen molar-refractivity contribution in [2.24, 2.45) is 7.05 Å². The Bertz CT molecular complexity index is 874. The van der Waals surface area contributed by atoms with Gasteiger partial charge in [0.2, 0.25) is 5.03 Å². The van der Waals surface area contributed by atoms with Crippen molar-refractivity contribution in [3.05, 3.63) is 35.0 Å². The van der Waals surface area contributed by atoms with Crippen molar-refractivity contribution in [2.75, 3.05) is 17.8 Å². The number of halogens is 1. The molecule has 0 aliphatic carbocycles. The Kier molecular flexibility index (Phi) is 4.46. The van der Waals surface area contributed by atoms with Gasteiger partial charge in [-0.25, -0.2) is 0 Å². The predicted octanol–water partition coefficient (Wildman–Crippen LogP) is 1.51. The largest absolute Gasteiger partial charge is 0.339 e. The van der Waals surface area contributed by atoms with Gasteiger partial charge in [0, 0.05) is 25.2 Å². The molecule has 1 aliphatic rings. The fourth-order valence-corrected chi connectivity index (χ4v) is 3.67. The highest BCUT2D eigenvalue weighted by atomic mass is 35.5. The van der Waals surface area contributed by atoms with Crippen LogP contribution in [0.5, 0.6) is 0 Å². The van der Waals surface area contributed by atoms with Crippen molar-refractivity contribution in [1.82, 2.24) is 19.9 Å². The molecule has 2 aromatic rings. The van der Waals surface area contributed by atoms with E-state index in [2.05, 4.69) is 14.9 Å². The molecule has 0 saturated carbocycles. The summed E-state index contributed by atoms with van der Waals surface area (Å²) in [5.74, 6) is -0.221. The number of hydrogen-bond donors (Lipinski definition) is 1. The molecule has 10 heteroatoms. The number of sulfonamides is 1. The third kappa shape index (κ3) is 3.36. The topological polar surface area (TPSA) is 97.2 Å². The molecule has 1 aliphatic heterocycles. The molecule has 3 rings (SSSR count). The highest BCUT2D eigenvalue weighted by molar-refractivity contribution is 7.92. The second kappa shape index (κ2) is 6.40. The first kappa shape index (κ1) is 16.7. The maximum Gasteiger partial charge on any atom is 0.282 e. The number of hydrogen-bond acceptors (Lipinski definition) is 5. The van der Waals surface area contributed by atoms with Crippen LogP contribution in [0.4, 0.5) is 5.69 Å². The van der Waals surface area contributed by atoms with E-state index in [1.165, 1.54) is 19.2 Å². The molecule has 1 fully saturated rings. The first-order valence-electron chi connectivity index (χ1n) is 7.35. The van der Waals surface area contributed by atoms with Crippen molar-refractivity contribution in [2.45, 2.75) is 17.9 Å². The molecule has 1 aromatic heterocycles. The molecule has 1 N–H and O–H groups in total. The highest BCUT2D eigenvalue weighted by Crippen LogP contribution is 2.26.